The van der Waals surface area contributed by atoms with Crippen LogP contribution < -0.4 is 0 Å². The highest BCUT2D eigenvalue weighted by Crippen LogP contribution is 2.27. The van der Waals surface area contributed by atoms with Crippen molar-refractivity contribution in [3.05, 3.63) is 11.9 Å². The number of piperidine rings is 2. The smallest absolute Gasteiger partial charge is 0.225 e. The summed E-state index contributed by atoms with van der Waals surface area (Å²) < 4.78 is 1.82. The topological polar surface area (TPSA) is 91.6 Å². The maximum atomic E-state index is 12.8. The third-order valence-corrected chi connectivity index (χ3v) is 5.58. The van der Waals surface area contributed by atoms with E-state index in [1.165, 1.54) is 0 Å². The first-order chi connectivity index (χ1) is 12.3. The van der Waals surface area contributed by atoms with Crippen LogP contribution in [0.5, 0.6) is 0 Å². The molecule has 3 heterocycles. The number of aromatic nitrogens is 3. The Balaban J connectivity index is 1.51. The molecule has 3 rings (SSSR count). The molecule has 144 valence electrons. The Morgan fingerprint density at radius 3 is 2.15 bits per heavy atom. The van der Waals surface area contributed by atoms with Gasteiger partial charge in [-0.2, -0.15) is 0 Å². The molecule has 0 radical (unpaired) electrons. The fourth-order valence-electron chi connectivity index (χ4n) is 3.79. The van der Waals surface area contributed by atoms with Gasteiger partial charge < -0.3 is 14.9 Å². The van der Waals surface area contributed by atoms with Crippen LogP contribution in [0.25, 0.3) is 0 Å². The predicted molar refractivity (Wildman–Crippen MR) is 95.1 cm³/mol. The lowest BCUT2D eigenvalue weighted by atomic mass is 9.94. The van der Waals surface area contributed by atoms with Crippen LogP contribution in [-0.4, -0.2) is 67.9 Å². The van der Waals surface area contributed by atoms with Crippen molar-refractivity contribution < 1.29 is 14.7 Å². The van der Waals surface area contributed by atoms with Crippen molar-refractivity contribution in [1.82, 2.24) is 24.8 Å². The minimum atomic E-state index is -0.996. The second-order valence-corrected chi connectivity index (χ2v) is 7.98. The zero-order chi connectivity index (χ0) is 18.9. The molecular weight excluding hydrogens is 334 g/mol. The number of carbonyl (C=O) groups excluding carboxylic acids is 2. The molecule has 0 saturated carbocycles. The molecule has 8 nitrogen and oxygen atoms in total. The van der Waals surface area contributed by atoms with Gasteiger partial charge in [-0.05, 0) is 39.5 Å². The Labute approximate surface area is 154 Å². The van der Waals surface area contributed by atoms with Gasteiger partial charge in [0.2, 0.25) is 11.8 Å². The van der Waals surface area contributed by atoms with Crippen LogP contribution in [0.3, 0.4) is 0 Å². The quantitative estimate of drug-likeness (QED) is 0.862. The van der Waals surface area contributed by atoms with Gasteiger partial charge >= 0.3 is 0 Å². The summed E-state index contributed by atoms with van der Waals surface area (Å²) in [5.41, 5.74) is -0.433. The van der Waals surface area contributed by atoms with Crippen LogP contribution in [0.2, 0.25) is 0 Å². The number of hydrogen-bond donors (Lipinski definition) is 1. The van der Waals surface area contributed by atoms with Gasteiger partial charge in [0.1, 0.15) is 11.3 Å². The summed E-state index contributed by atoms with van der Waals surface area (Å²) in [4.78, 5) is 28.0. The lowest BCUT2D eigenvalue weighted by Gasteiger charge is -2.37. The molecular formula is C18H29N5O3. The number of carbonyl (C=O) groups is 2. The van der Waals surface area contributed by atoms with Crippen LogP contribution >= 0.6 is 0 Å². The minimum Gasteiger partial charge on any atom is -0.384 e. The molecule has 2 saturated heterocycles. The average molecular weight is 363 g/mol. The van der Waals surface area contributed by atoms with Crippen LogP contribution in [-0.2, 0) is 15.2 Å². The summed E-state index contributed by atoms with van der Waals surface area (Å²) in [5, 5.41) is 18.2. The van der Waals surface area contributed by atoms with Crippen molar-refractivity contribution in [2.24, 2.45) is 5.92 Å². The number of rotatable bonds is 3. The lowest BCUT2D eigenvalue weighted by molar-refractivity contribution is -0.141. The molecule has 0 spiro atoms. The van der Waals surface area contributed by atoms with Crippen molar-refractivity contribution >= 4 is 11.8 Å². The molecule has 0 bridgehead atoms. The third kappa shape index (κ3) is 4.06. The van der Waals surface area contributed by atoms with Gasteiger partial charge in [0, 0.05) is 39.0 Å². The van der Waals surface area contributed by atoms with Gasteiger partial charge in [-0.15, -0.1) is 5.10 Å². The zero-order valence-corrected chi connectivity index (χ0v) is 15.9. The van der Waals surface area contributed by atoms with Gasteiger partial charge in [-0.3, -0.25) is 9.59 Å². The standard InChI is InChI=1S/C18H29N5O3/c1-13(24)21-8-4-14(5-9-21)17(25)22-10-6-15(7-11-22)23-12-16(19-20-23)18(2,3)26/h12,14-15,26H,4-11H2,1-3H3. The molecule has 0 aliphatic carbocycles. The van der Waals surface area contributed by atoms with Crippen molar-refractivity contribution in [3.63, 3.8) is 0 Å². The maximum absolute atomic E-state index is 12.8. The Bertz CT molecular complexity index is 650. The highest BCUT2D eigenvalue weighted by atomic mass is 16.3. The van der Waals surface area contributed by atoms with E-state index in [-0.39, 0.29) is 23.8 Å². The minimum absolute atomic E-state index is 0.0373. The van der Waals surface area contributed by atoms with E-state index < -0.39 is 5.60 Å². The van der Waals surface area contributed by atoms with E-state index in [0.717, 1.165) is 25.7 Å². The van der Waals surface area contributed by atoms with Crippen molar-refractivity contribution in [3.8, 4) is 0 Å². The second kappa shape index (κ2) is 7.34. The molecule has 2 aliphatic heterocycles. The molecule has 8 heteroatoms. The Morgan fingerprint density at radius 2 is 1.65 bits per heavy atom. The molecule has 2 fully saturated rings. The van der Waals surface area contributed by atoms with Gasteiger partial charge in [0.15, 0.2) is 0 Å². The normalized spacial score (nSPS) is 20.5. The molecule has 26 heavy (non-hydrogen) atoms. The molecule has 2 amide bonds. The monoisotopic (exact) mass is 363 g/mol. The molecule has 0 aromatic carbocycles. The number of amides is 2. The maximum Gasteiger partial charge on any atom is 0.225 e. The Hall–Kier alpha value is -1.96. The number of nitrogens with zero attached hydrogens (tertiary/aromatic N) is 5. The number of likely N-dealkylation sites (tertiary alicyclic amines) is 2. The van der Waals surface area contributed by atoms with Crippen molar-refractivity contribution in [2.45, 2.75) is 58.1 Å². The summed E-state index contributed by atoms with van der Waals surface area (Å²) in [5.74, 6) is 0.354. The summed E-state index contributed by atoms with van der Waals surface area (Å²) in [6, 6.07) is 0.210. The molecule has 1 aromatic heterocycles. The Morgan fingerprint density at radius 1 is 1.08 bits per heavy atom. The highest BCUT2D eigenvalue weighted by Gasteiger charge is 2.32. The first-order valence-corrected chi connectivity index (χ1v) is 9.44. The van der Waals surface area contributed by atoms with E-state index >= 15 is 0 Å². The van der Waals surface area contributed by atoms with E-state index in [4.69, 9.17) is 0 Å². The largest absolute Gasteiger partial charge is 0.384 e. The fraction of sp³-hybridized carbons (Fsp3) is 0.778. The van der Waals surface area contributed by atoms with E-state index in [9.17, 15) is 14.7 Å². The van der Waals surface area contributed by atoms with E-state index in [2.05, 4.69) is 10.3 Å². The third-order valence-electron chi connectivity index (χ3n) is 5.58. The van der Waals surface area contributed by atoms with Crippen molar-refractivity contribution in [2.75, 3.05) is 26.2 Å². The Kier molecular flexibility index (Phi) is 5.32. The van der Waals surface area contributed by atoms with Crippen LogP contribution in [0.1, 0.15) is 58.2 Å². The van der Waals surface area contributed by atoms with Crippen LogP contribution in [0.15, 0.2) is 6.20 Å². The van der Waals surface area contributed by atoms with Crippen LogP contribution in [0, 0.1) is 5.92 Å². The van der Waals surface area contributed by atoms with Crippen LogP contribution in [0.4, 0.5) is 0 Å². The SMILES string of the molecule is CC(=O)N1CCC(C(=O)N2CCC(n3cc(C(C)(C)O)nn3)CC2)CC1. The van der Waals surface area contributed by atoms with Gasteiger partial charge in [-0.1, -0.05) is 5.21 Å². The molecule has 2 aliphatic rings. The molecule has 1 N–H and O–H groups in total. The van der Waals surface area contributed by atoms with Gasteiger partial charge in [0.25, 0.3) is 0 Å². The average Bonchev–Trinajstić information content (AvgIpc) is 3.12. The zero-order valence-electron chi connectivity index (χ0n) is 15.9. The predicted octanol–water partition coefficient (Wildman–Crippen LogP) is 0.927. The first kappa shape index (κ1) is 18.8. The lowest BCUT2D eigenvalue weighted by Crippen LogP contribution is -2.46. The summed E-state index contributed by atoms with van der Waals surface area (Å²) in [6.45, 7) is 7.77. The number of aliphatic hydroxyl groups is 1. The second-order valence-electron chi connectivity index (χ2n) is 7.98. The molecule has 1 aromatic rings. The van der Waals surface area contributed by atoms with E-state index in [1.807, 2.05) is 14.5 Å². The van der Waals surface area contributed by atoms with Gasteiger partial charge in [0.05, 0.1) is 12.2 Å². The van der Waals surface area contributed by atoms with Gasteiger partial charge in [-0.25, -0.2) is 4.68 Å². The van der Waals surface area contributed by atoms with Crippen molar-refractivity contribution in [1.29, 1.82) is 0 Å². The fourth-order valence-corrected chi connectivity index (χ4v) is 3.79. The first-order valence-electron chi connectivity index (χ1n) is 9.44. The summed E-state index contributed by atoms with van der Waals surface area (Å²) in [6.07, 6.45) is 5.01. The summed E-state index contributed by atoms with van der Waals surface area (Å²) in [7, 11) is 0. The van der Waals surface area contributed by atoms with E-state index in [1.54, 1.807) is 27.0 Å². The highest BCUT2D eigenvalue weighted by molar-refractivity contribution is 5.79. The summed E-state index contributed by atoms with van der Waals surface area (Å²) >= 11 is 0. The molecule has 0 unspecified atom stereocenters. The number of hydrogen-bond acceptors (Lipinski definition) is 5. The van der Waals surface area contributed by atoms with E-state index in [0.29, 0.717) is 31.9 Å². The molecule has 0 atom stereocenters.